The van der Waals surface area contributed by atoms with Crippen LogP contribution in [-0.2, 0) is 0 Å². The Labute approximate surface area is 254 Å². The summed E-state index contributed by atoms with van der Waals surface area (Å²) >= 11 is 0. The van der Waals surface area contributed by atoms with Crippen LogP contribution in [0.4, 0.5) is 0 Å². The Morgan fingerprint density at radius 2 is 1.14 bits per heavy atom. The highest BCUT2D eigenvalue weighted by molar-refractivity contribution is 6.21. The summed E-state index contributed by atoms with van der Waals surface area (Å²) in [7, 11) is 0. The Bertz CT molecular complexity index is 2490. The van der Waals surface area contributed by atoms with Gasteiger partial charge in [-0.3, -0.25) is 4.57 Å². The average Bonchev–Trinajstić information content (AvgIpc) is 3.68. The van der Waals surface area contributed by atoms with Gasteiger partial charge < -0.3 is 4.57 Å². The number of hydrogen-bond donors (Lipinski definition) is 0. The minimum Gasteiger partial charge on any atom is -0.321 e. The fourth-order valence-electron chi connectivity index (χ4n) is 6.58. The second-order valence-corrected chi connectivity index (χ2v) is 11.1. The molecule has 0 fully saturated rings. The molecule has 9 aromatic rings. The quantitative estimate of drug-likeness (QED) is 0.214. The first-order valence-electron chi connectivity index (χ1n) is 14.8. The zero-order valence-corrected chi connectivity index (χ0v) is 23.8. The lowest BCUT2D eigenvalue weighted by atomic mass is 9.96. The van der Waals surface area contributed by atoms with E-state index in [2.05, 4.69) is 161 Å². The van der Waals surface area contributed by atoms with E-state index in [1.165, 1.54) is 21.5 Å². The predicted molar refractivity (Wildman–Crippen MR) is 182 cm³/mol. The maximum absolute atomic E-state index is 5.43. The van der Waals surface area contributed by atoms with E-state index in [0.717, 1.165) is 50.0 Å². The maximum atomic E-state index is 5.43. The highest BCUT2D eigenvalue weighted by Gasteiger charge is 2.21. The third-order valence-electron chi connectivity index (χ3n) is 8.58. The molecule has 0 aliphatic carbocycles. The van der Waals surface area contributed by atoms with Crippen molar-refractivity contribution < 1.29 is 0 Å². The van der Waals surface area contributed by atoms with Crippen LogP contribution in [0.3, 0.4) is 0 Å². The molecule has 206 valence electrons. The van der Waals surface area contributed by atoms with Gasteiger partial charge in [-0.15, -0.1) is 0 Å². The van der Waals surface area contributed by atoms with E-state index in [1.54, 1.807) is 0 Å². The molecule has 9 rings (SSSR count). The Morgan fingerprint density at radius 3 is 1.98 bits per heavy atom. The van der Waals surface area contributed by atoms with Crippen molar-refractivity contribution in [2.75, 3.05) is 0 Å². The molecule has 0 amide bonds. The molecule has 0 unspecified atom stereocenters. The zero-order chi connectivity index (χ0) is 29.0. The molecule has 0 bridgehead atoms. The Morgan fingerprint density at radius 1 is 0.455 bits per heavy atom. The van der Waals surface area contributed by atoms with Crippen molar-refractivity contribution in [1.29, 1.82) is 0 Å². The van der Waals surface area contributed by atoms with E-state index < -0.39 is 0 Å². The van der Waals surface area contributed by atoms with Crippen molar-refractivity contribution in [1.82, 2.24) is 19.1 Å². The van der Waals surface area contributed by atoms with E-state index >= 15 is 0 Å². The molecule has 4 nitrogen and oxygen atoms in total. The number of nitrogens with zero attached hydrogens (tertiary/aromatic N) is 4. The smallest absolute Gasteiger partial charge is 0.235 e. The fraction of sp³-hybridized carbons (Fsp3) is 0. The number of fused-ring (bicyclic) bond motifs is 6. The van der Waals surface area contributed by atoms with Crippen molar-refractivity contribution in [2.24, 2.45) is 0 Å². The monoisotopic (exact) mass is 562 g/mol. The van der Waals surface area contributed by atoms with Gasteiger partial charge in [0.1, 0.15) is 0 Å². The summed E-state index contributed by atoms with van der Waals surface area (Å²) in [5, 5.41) is 5.86. The molecule has 3 aromatic heterocycles. The van der Waals surface area contributed by atoms with Crippen molar-refractivity contribution >= 4 is 43.5 Å². The number of aromatic nitrogens is 4. The second kappa shape index (κ2) is 9.79. The summed E-state index contributed by atoms with van der Waals surface area (Å²) in [4.78, 5) is 10.7. The molecule has 4 heteroatoms. The average molecular weight is 563 g/mol. The summed E-state index contributed by atoms with van der Waals surface area (Å²) in [6.07, 6.45) is 4.28. The molecular weight excluding hydrogens is 536 g/mol. The molecule has 3 heterocycles. The van der Waals surface area contributed by atoms with E-state index in [4.69, 9.17) is 9.97 Å². The van der Waals surface area contributed by atoms with Gasteiger partial charge in [0.15, 0.2) is 0 Å². The maximum Gasteiger partial charge on any atom is 0.235 e. The SMILES string of the molecule is c1ccc(-c2ccccc2-c2nc(-n3c4ccccc4c4c5ccccc5ccc43)nc3cn(-c4ccccc4)cc23)cc1. The van der Waals surface area contributed by atoms with Crippen LogP contribution in [0.2, 0.25) is 0 Å². The van der Waals surface area contributed by atoms with Gasteiger partial charge in [-0.25, -0.2) is 9.97 Å². The molecule has 0 atom stereocenters. The van der Waals surface area contributed by atoms with Gasteiger partial charge in [0, 0.05) is 39.8 Å². The van der Waals surface area contributed by atoms with Crippen LogP contribution in [0.5, 0.6) is 0 Å². The van der Waals surface area contributed by atoms with Crippen molar-refractivity contribution in [3.63, 3.8) is 0 Å². The Hall–Kier alpha value is -6.00. The van der Waals surface area contributed by atoms with E-state index in [9.17, 15) is 0 Å². The molecule has 0 radical (unpaired) electrons. The van der Waals surface area contributed by atoms with Crippen LogP contribution in [0, 0.1) is 0 Å². The van der Waals surface area contributed by atoms with E-state index in [-0.39, 0.29) is 0 Å². The fourth-order valence-corrected chi connectivity index (χ4v) is 6.58. The first-order valence-corrected chi connectivity index (χ1v) is 14.8. The molecule has 0 saturated carbocycles. The van der Waals surface area contributed by atoms with Gasteiger partial charge >= 0.3 is 0 Å². The summed E-state index contributed by atoms with van der Waals surface area (Å²) in [6, 6.07) is 51.0. The summed E-state index contributed by atoms with van der Waals surface area (Å²) < 4.78 is 4.38. The van der Waals surface area contributed by atoms with Crippen molar-refractivity contribution in [3.8, 4) is 34.0 Å². The largest absolute Gasteiger partial charge is 0.321 e. The van der Waals surface area contributed by atoms with Crippen LogP contribution >= 0.6 is 0 Å². The van der Waals surface area contributed by atoms with Gasteiger partial charge in [-0.1, -0.05) is 121 Å². The van der Waals surface area contributed by atoms with Gasteiger partial charge in [-0.2, -0.15) is 0 Å². The molecular formula is C40H26N4. The first kappa shape index (κ1) is 24.6. The highest BCUT2D eigenvalue weighted by atomic mass is 15.2. The Kier molecular flexibility index (Phi) is 5.47. The molecule has 0 saturated heterocycles. The van der Waals surface area contributed by atoms with Crippen LogP contribution in [0.25, 0.3) is 77.5 Å². The third kappa shape index (κ3) is 3.78. The highest BCUT2D eigenvalue weighted by Crippen LogP contribution is 2.39. The summed E-state index contributed by atoms with van der Waals surface area (Å²) in [5.41, 5.74) is 8.43. The lowest BCUT2D eigenvalue weighted by molar-refractivity contribution is 1.01. The number of benzene rings is 6. The lowest BCUT2D eigenvalue weighted by Gasteiger charge is -2.13. The van der Waals surface area contributed by atoms with Gasteiger partial charge in [0.25, 0.3) is 0 Å². The first-order chi connectivity index (χ1) is 21.8. The lowest BCUT2D eigenvalue weighted by Crippen LogP contribution is -2.03. The van der Waals surface area contributed by atoms with Crippen molar-refractivity contribution in [3.05, 3.63) is 158 Å². The molecule has 0 aliphatic heterocycles. The standard InChI is InChI=1S/C40H26N4/c1-3-13-27(14-4-1)30-18-9-10-20-32(30)39-34-25-43(29-16-5-2-6-17-29)26-35(34)41-40(42-39)44-36-22-12-11-21-33(36)38-31-19-8-7-15-28(31)23-24-37(38)44/h1-26H. The topological polar surface area (TPSA) is 35.6 Å². The molecule has 6 aromatic carbocycles. The van der Waals surface area contributed by atoms with Gasteiger partial charge in [0.05, 0.1) is 22.2 Å². The summed E-state index contributed by atoms with van der Waals surface area (Å²) in [5.74, 6) is 0.655. The second-order valence-electron chi connectivity index (χ2n) is 11.1. The Balaban J connectivity index is 1.39. The number of rotatable bonds is 4. The van der Waals surface area contributed by atoms with Crippen LogP contribution in [-0.4, -0.2) is 19.1 Å². The predicted octanol–water partition coefficient (Wildman–Crippen LogP) is 10.0. The molecule has 0 spiro atoms. The number of para-hydroxylation sites is 2. The summed E-state index contributed by atoms with van der Waals surface area (Å²) in [6.45, 7) is 0. The molecule has 44 heavy (non-hydrogen) atoms. The minimum absolute atomic E-state index is 0.655. The normalized spacial score (nSPS) is 11.6. The van der Waals surface area contributed by atoms with E-state index in [1.807, 2.05) is 6.07 Å². The molecule has 0 N–H and O–H groups in total. The number of hydrogen-bond acceptors (Lipinski definition) is 2. The van der Waals surface area contributed by atoms with Gasteiger partial charge in [0.2, 0.25) is 5.95 Å². The van der Waals surface area contributed by atoms with Gasteiger partial charge in [-0.05, 0) is 46.2 Å². The van der Waals surface area contributed by atoms with E-state index in [0.29, 0.717) is 5.95 Å². The third-order valence-corrected chi connectivity index (χ3v) is 8.58. The minimum atomic E-state index is 0.655. The molecule has 0 aliphatic rings. The van der Waals surface area contributed by atoms with Crippen LogP contribution in [0.15, 0.2) is 158 Å². The van der Waals surface area contributed by atoms with Crippen molar-refractivity contribution in [2.45, 2.75) is 0 Å². The van der Waals surface area contributed by atoms with Crippen LogP contribution < -0.4 is 0 Å². The zero-order valence-electron chi connectivity index (χ0n) is 23.8. The van der Waals surface area contributed by atoms with Crippen LogP contribution in [0.1, 0.15) is 0 Å².